The molecule has 0 aliphatic carbocycles. The molecule has 0 saturated carbocycles. The van der Waals surface area contributed by atoms with Crippen molar-refractivity contribution in [3.05, 3.63) is 46.9 Å². The SMILES string of the molecule is CSc1nccc(-n2[nH]c(=O)c3ccccc32)n1. The maximum atomic E-state index is 11.8. The number of nitrogens with one attached hydrogen (secondary N) is 1. The zero-order valence-corrected chi connectivity index (χ0v) is 10.4. The minimum absolute atomic E-state index is 0.116. The van der Waals surface area contributed by atoms with E-state index in [0.29, 0.717) is 16.4 Å². The molecule has 0 amide bonds. The Hall–Kier alpha value is -2.08. The van der Waals surface area contributed by atoms with E-state index in [9.17, 15) is 4.79 Å². The lowest BCUT2D eigenvalue weighted by molar-refractivity contribution is 0.817. The lowest BCUT2D eigenvalue weighted by Gasteiger charge is -2.03. The summed E-state index contributed by atoms with van der Waals surface area (Å²) < 4.78 is 1.68. The van der Waals surface area contributed by atoms with Crippen LogP contribution >= 0.6 is 11.8 Å². The highest BCUT2D eigenvalue weighted by atomic mass is 32.2. The van der Waals surface area contributed by atoms with Crippen molar-refractivity contribution in [2.24, 2.45) is 0 Å². The molecule has 0 bridgehead atoms. The van der Waals surface area contributed by atoms with E-state index in [-0.39, 0.29) is 5.56 Å². The number of aromatic nitrogens is 4. The highest BCUT2D eigenvalue weighted by Gasteiger charge is 2.08. The Labute approximate surface area is 107 Å². The molecular weight excluding hydrogens is 248 g/mol. The molecule has 0 fully saturated rings. The van der Waals surface area contributed by atoms with Crippen molar-refractivity contribution < 1.29 is 0 Å². The standard InChI is InChI=1S/C12H10N4OS/c1-18-12-13-7-6-10(14-12)16-9-5-3-2-4-8(9)11(17)15-16/h2-7H,1H3,(H,15,17). The topological polar surface area (TPSA) is 63.6 Å². The van der Waals surface area contributed by atoms with Crippen LogP contribution in [0.4, 0.5) is 0 Å². The molecule has 3 aromatic rings. The maximum Gasteiger partial charge on any atom is 0.272 e. The minimum atomic E-state index is -0.116. The molecule has 18 heavy (non-hydrogen) atoms. The van der Waals surface area contributed by atoms with Gasteiger partial charge in [0.2, 0.25) is 0 Å². The van der Waals surface area contributed by atoms with Crippen molar-refractivity contribution in [1.29, 1.82) is 0 Å². The van der Waals surface area contributed by atoms with E-state index in [1.165, 1.54) is 11.8 Å². The van der Waals surface area contributed by atoms with E-state index in [0.717, 1.165) is 5.52 Å². The van der Waals surface area contributed by atoms with Crippen molar-refractivity contribution in [3.63, 3.8) is 0 Å². The summed E-state index contributed by atoms with van der Waals surface area (Å²) in [6.07, 6.45) is 3.59. The molecule has 3 rings (SSSR count). The van der Waals surface area contributed by atoms with E-state index in [1.807, 2.05) is 24.5 Å². The third-order valence-corrected chi connectivity index (χ3v) is 3.20. The average molecular weight is 258 g/mol. The van der Waals surface area contributed by atoms with Crippen LogP contribution in [0.5, 0.6) is 0 Å². The number of rotatable bonds is 2. The van der Waals surface area contributed by atoms with Gasteiger partial charge < -0.3 is 0 Å². The Morgan fingerprint density at radius 1 is 1.28 bits per heavy atom. The predicted octanol–water partition coefficient (Wildman–Crippen LogP) is 1.83. The molecule has 0 spiro atoms. The van der Waals surface area contributed by atoms with E-state index in [4.69, 9.17) is 0 Å². The third-order valence-electron chi connectivity index (χ3n) is 2.63. The molecule has 0 aliphatic heterocycles. The summed E-state index contributed by atoms with van der Waals surface area (Å²) >= 11 is 1.46. The van der Waals surface area contributed by atoms with Gasteiger partial charge in [0.05, 0.1) is 10.9 Å². The fourth-order valence-corrected chi connectivity index (χ4v) is 2.17. The zero-order valence-electron chi connectivity index (χ0n) is 9.62. The first-order valence-electron chi connectivity index (χ1n) is 5.37. The van der Waals surface area contributed by atoms with Gasteiger partial charge in [-0.1, -0.05) is 23.9 Å². The fourth-order valence-electron chi connectivity index (χ4n) is 1.82. The Morgan fingerprint density at radius 3 is 2.94 bits per heavy atom. The summed E-state index contributed by atoms with van der Waals surface area (Å²) in [5.74, 6) is 0.660. The van der Waals surface area contributed by atoms with E-state index < -0.39 is 0 Å². The molecule has 0 aliphatic rings. The lowest BCUT2D eigenvalue weighted by atomic mass is 10.2. The van der Waals surface area contributed by atoms with Crippen molar-refractivity contribution in [1.82, 2.24) is 19.7 Å². The molecule has 2 aromatic heterocycles. The van der Waals surface area contributed by atoms with Crippen LogP contribution in [-0.2, 0) is 0 Å². The second kappa shape index (κ2) is 4.30. The normalized spacial score (nSPS) is 10.9. The van der Waals surface area contributed by atoms with Crippen LogP contribution in [0.25, 0.3) is 16.7 Å². The van der Waals surface area contributed by atoms with E-state index >= 15 is 0 Å². The van der Waals surface area contributed by atoms with Crippen LogP contribution < -0.4 is 5.56 Å². The number of nitrogens with zero attached hydrogens (tertiary/aromatic N) is 3. The van der Waals surface area contributed by atoms with Gasteiger partial charge in [0, 0.05) is 12.3 Å². The first-order chi connectivity index (χ1) is 8.79. The summed E-state index contributed by atoms with van der Waals surface area (Å²) in [5, 5.41) is 4.11. The molecule has 0 unspecified atom stereocenters. The summed E-state index contributed by atoms with van der Waals surface area (Å²) in [5.41, 5.74) is 0.697. The number of H-pyrrole nitrogens is 1. The van der Waals surface area contributed by atoms with Gasteiger partial charge in [-0.3, -0.25) is 9.89 Å². The molecule has 2 heterocycles. The summed E-state index contributed by atoms with van der Waals surface area (Å²) in [6.45, 7) is 0. The molecule has 1 aromatic carbocycles. The van der Waals surface area contributed by atoms with Crippen LogP contribution in [0, 0.1) is 0 Å². The Kier molecular flexibility index (Phi) is 2.64. The van der Waals surface area contributed by atoms with Crippen LogP contribution in [0.15, 0.2) is 46.5 Å². The second-order valence-corrected chi connectivity index (χ2v) is 4.47. The van der Waals surface area contributed by atoms with Gasteiger partial charge in [0.25, 0.3) is 5.56 Å². The molecule has 0 saturated heterocycles. The molecule has 1 N–H and O–H groups in total. The van der Waals surface area contributed by atoms with Crippen molar-refractivity contribution in [2.75, 3.05) is 6.26 Å². The Bertz CT molecular complexity index is 762. The molecule has 6 heteroatoms. The van der Waals surface area contributed by atoms with Gasteiger partial charge in [-0.15, -0.1) is 0 Å². The van der Waals surface area contributed by atoms with Crippen LogP contribution in [0.2, 0.25) is 0 Å². The number of thioether (sulfide) groups is 1. The highest BCUT2D eigenvalue weighted by Crippen LogP contribution is 2.15. The Morgan fingerprint density at radius 2 is 2.11 bits per heavy atom. The van der Waals surface area contributed by atoms with Gasteiger partial charge in [-0.05, 0) is 18.4 Å². The lowest BCUT2D eigenvalue weighted by Crippen LogP contribution is -2.06. The number of hydrogen-bond acceptors (Lipinski definition) is 4. The van der Waals surface area contributed by atoms with Gasteiger partial charge in [0.1, 0.15) is 0 Å². The number of benzene rings is 1. The number of aromatic amines is 1. The van der Waals surface area contributed by atoms with Crippen molar-refractivity contribution >= 4 is 22.7 Å². The predicted molar refractivity (Wildman–Crippen MR) is 71.3 cm³/mol. The van der Waals surface area contributed by atoms with Crippen molar-refractivity contribution in [2.45, 2.75) is 5.16 Å². The first kappa shape index (κ1) is 11.0. The molecule has 5 nitrogen and oxygen atoms in total. The van der Waals surface area contributed by atoms with E-state index in [2.05, 4.69) is 15.1 Å². The largest absolute Gasteiger partial charge is 0.272 e. The third kappa shape index (κ3) is 1.70. The second-order valence-electron chi connectivity index (χ2n) is 3.70. The summed E-state index contributed by atoms with van der Waals surface area (Å²) in [6, 6.07) is 9.18. The maximum absolute atomic E-state index is 11.8. The minimum Gasteiger partial charge on any atom is -0.267 e. The summed E-state index contributed by atoms with van der Waals surface area (Å²) in [7, 11) is 0. The average Bonchev–Trinajstić information content (AvgIpc) is 2.77. The quantitative estimate of drug-likeness (QED) is 0.562. The number of fused-ring (bicyclic) bond motifs is 1. The zero-order chi connectivity index (χ0) is 12.5. The first-order valence-corrected chi connectivity index (χ1v) is 6.59. The van der Waals surface area contributed by atoms with Crippen LogP contribution in [0.1, 0.15) is 0 Å². The monoisotopic (exact) mass is 258 g/mol. The van der Waals surface area contributed by atoms with Gasteiger partial charge >= 0.3 is 0 Å². The van der Waals surface area contributed by atoms with Crippen LogP contribution in [0.3, 0.4) is 0 Å². The van der Waals surface area contributed by atoms with E-state index in [1.54, 1.807) is 23.0 Å². The van der Waals surface area contributed by atoms with Crippen LogP contribution in [-0.4, -0.2) is 26.0 Å². The Balaban J connectivity index is 2.28. The van der Waals surface area contributed by atoms with Gasteiger partial charge in [-0.25, -0.2) is 14.6 Å². The molecule has 0 radical (unpaired) electrons. The smallest absolute Gasteiger partial charge is 0.267 e. The summed E-state index contributed by atoms with van der Waals surface area (Å²) in [4.78, 5) is 20.3. The van der Waals surface area contributed by atoms with Gasteiger partial charge in [-0.2, -0.15) is 0 Å². The van der Waals surface area contributed by atoms with Gasteiger partial charge in [0.15, 0.2) is 11.0 Å². The number of para-hydroxylation sites is 1. The molecular formula is C12H10N4OS. The molecule has 90 valence electrons. The highest BCUT2D eigenvalue weighted by molar-refractivity contribution is 7.98. The van der Waals surface area contributed by atoms with Crippen molar-refractivity contribution in [3.8, 4) is 5.82 Å². The fraction of sp³-hybridized carbons (Fsp3) is 0.0833. The number of hydrogen-bond donors (Lipinski definition) is 1. The molecule has 0 atom stereocenters.